The Morgan fingerprint density at radius 2 is 1.72 bits per heavy atom. The first kappa shape index (κ1) is 20.8. The summed E-state index contributed by atoms with van der Waals surface area (Å²) in [6.07, 6.45) is 0.434. The fourth-order valence-electron chi connectivity index (χ4n) is 3.31. The molecular formula is C24H26N2O2S. The van der Waals surface area contributed by atoms with E-state index in [9.17, 15) is 9.59 Å². The zero-order chi connectivity index (χ0) is 20.8. The van der Waals surface area contributed by atoms with Gasteiger partial charge >= 0.3 is 0 Å². The highest BCUT2D eigenvalue weighted by atomic mass is 32.1. The summed E-state index contributed by atoms with van der Waals surface area (Å²) < 4.78 is 0. The van der Waals surface area contributed by atoms with Crippen LogP contribution in [0.3, 0.4) is 0 Å². The molecule has 0 aliphatic carbocycles. The van der Waals surface area contributed by atoms with Gasteiger partial charge in [0.15, 0.2) is 0 Å². The van der Waals surface area contributed by atoms with Crippen molar-refractivity contribution in [3.8, 4) is 0 Å². The molecule has 0 saturated carbocycles. The SMILES string of the molecule is Cc1ccc(C)c(C(C)NC(=O)C(Cc2ccccc2)NC(=O)c2cccs2)c1. The molecule has 0 bridgehead atoms. The van der Waals surface area contributed by atoms with Crippen molar-refractivity contribution in [2.45, 2.75) is 39.3 Å². The van der Waals surface area contributed by atoms with Gasteiger partial charge in [-0.3, -0.25) is 9.59 Å². The Hall–Kier alpha value is -2.92. The highest BCUT2D eigenvalue weighted by Gasteiger charge is 2.24. The quantitative estimate of drug-likeness (QED) is 0.603. The molecule has 2 aromatic carbocycles. The third-order valence-electron chi connectivity index (χ3n) is 4.91. The largest absolute Gasteiger partial charge is 0.348 e. The average Bonchev–Trinajstić information content (AvgIpc) is 3.25. The van der Waals surface area contributed by atoms with E-state index in [0.29, 0.717) is 11.3 Å². The fourth-order valence-corrected chi connectivity index (χ4v) is 3.94. The lowest BCUT2D eigenvalue weighted by Crippen LogP contribution is -2.48. The summed E-state index contributed by atoms with van der Waals surface area (Å²) >= 11 is 1.36. The van der Waals surface area contributed by atoms with Gasteiger partial charge in [-0.1, -0.05) is 60.2 Å². The average molecular weight is 407 g/mol. The molecule has 0 aliphatic rings. The Balaban J connectivity index is 1.77. The minimum Gasteiger partial charge on any atom is -0.348 e. The Kier molecular flexibility index (Phi) is 6.83. The molecule has 29 heavy (non-hydrogen) atoms. The van der Waals surface area contributed by atoms with Crippen molar-refractivity contribution in [2.24, 2.45) is 0 Å². The molecule has 2 unspecified atom stereocenters. The van der Waals surface area contributed by atoms with E-state index in [2.05, 4.69) is 28.8 Å². The Morgan fingerprint density at radius 3 is 2.41 bits per heavy atom. The second-order valence-electron chi connectivity index (χ2n) is 7.28. The topological polar surface area (TPSA) is 58.2 Å². The van der Waals surface area contributed by atoms with Crippen molar-refractivity contribution in [3.63, 3.8) is 0 Å². The zero-order valence-corrected chi connectivity index (χ0v) is 17.8. The predicted octanol–water partition coefficient (Wildman–Crippen LogP) is 4.58. The van der Waals surface area contributed by atoms with Crippen LogP contribution in [0.5, 0.6) is 0 Å². The number of hydrogen-bond donors (Lipinski definition) is 2. The predicted molar refractivity (Wildman–Crippen MR) is 118 cm³/mol. The third-order valence-corrected chi connectivity index (χ3v) is 5.78. The van der Waals surface area contributed by atoms with E-state index in [0.717, 1.165) is 22.3 Å². The number of amides is 2. The number of nitrogens with one attached hydrogen (secondary N) is 2. The molecule has 5 heteroatoms. The molecule has 4 nitrogen and oxygen atoms in total. The van der Waals surface area contributed by atoms with Gasteiger partial charge in [-0.25, -0.2) is 0 Å². The monoisotopic (exact) mass is 406 g/mol. The van der Waals surface area contributed by atoms with E-state index < -0.39 is 6.04 Å². The summed E-state index contributed by atoms with van der Waals surface area (Å²) in [6, 6.07) is 18.7. The number of carbonyl (C=O) groups is 2. The number of carbonyl (C=O) groups excluding carboxylic acids is 2. The summed E-state index contributed by atoms with van der Waals surface area (Å²) in [7, 11) is 0. The van der Waals surface area contributed by atoms with Gasteiger partial charge in [-0.2, -0.15) is 0 Å². The molecule has 0 saturated heterocycles. The van der Waals surface area contributed by atoms with Crippen LogP contribution in [0.25, 0.3) is 0 Å². The number of thiophene rings is 1. The summed E-state index contributed by atoms with van der Waals surface area (Å²) in [5.41, 5.74) is 4.36. The van der Waals surface area contributed by atoms with Gasteiger partial charge in [-0.15, -0.1) is 11.3 Å². The van der Waals surface area contributed by atoms with Crippen molar-refractivity contribution >= 4 is 23.2 Å². The minimum atomic E-state index is -0.653. The lowest BCUT2D eigenvalue weighted by atomic mass is 9.99. The maximum Gasteiger partial charge on any atom is 0.262 e. The first-order chi connectivity index (χ1) is 13.9. The van der Waals surface area contributed by atoms with Crippen LogP contribution in [0.2, 0.25) is 0 Å². The number of rotatable bonds is 7. The lowest BCUT2D eigenvalue weighted by molar-refractivity contribution is -0.123. The summed E-state index contributed by atoms with van der Waals surface area (Å²) in [6.45, 7) is 6.05. The van der Waals surface area contributed by atoms with Crippen molar-refractivity contribution in [2.75, 3.05) is 0 Å². The molecule has 0 aliphatic heterocycles. The van der Waals surface area contributed by atoms with Gasteiger partial charge < -0.3 is 10.6 Å². The molecule has 0 radical (unpaired) electrons. The van der Waals surface area contributed by atoms with Gasteiger partial charge in [0.2, 0.25) is 5.91 Å². The first-order valence-electron chi connectivity index (χ1n) is 9.70. The molecule has 3 rings (SSSR count). The Labute approximate surface area is 176 Å². The van der Waals surface area contributed by atoms with Crippen molar-refractivity contribution in [3.05, 3.63) is 93.2 Å². The molecule has 0 fully saturated rings. The summed E-state index contributed by atoms with van der Waals surface area (Å²) in [4.78, 5) is 26.3. The number of benzene rings is 2. The fraction of sp³-hybridized carbons (Fsp3) is 0.250. The summed E-state index contributed by atoms with van der Waals surface area (Å²) in [5, 5.41) is 7.85. The van der Waals surface area contributed by atoms with Crippen LogP contribution in [0, 0.1) is 13.8 Å². The lowest BCUT2D eigenvalue weighted by Gasteiger charge is -2.23. The van der Waals surface area contributed by atoms with Crippen LogP contribution in [-0.2, 0) is 11.2 Å². The van der Waals surface area contributed by atoms with E-state index in [4.69, 9.17) is 0 Å². The van der Waals surface area contributed by atoms with E-state index in [1.165, 1.54) is 11.3 Å². The molecule has 2 amide bonds. The Bertz CT molecular complexity index is 968. The molecule has 1 aromatic heterocycles. The maximum absolute atomic E-state index is 13.1. The van der Waals surface area contributed by atoms with E-state index in [-0.39, 0.29) is 17.9 Å². The van der Waals surface area contributed by atoms with Crippen LogP contribution < -0.4 is 10.6 Å². The van der Waals surface area contributed by atoms with E-state index in [1.807, 2.05) is 62.5 Å². The standard InChI is InChI=1S/C24H26N2O2S/c1-16-11-12-17(2)20(14-16)18(3)25-23(27)21(15-19-8-5-4-6-9-19)26-24(28)22-10-7-13-29-22/h4-14,18,21H,15H2,1-3H3,(H,25,27)(H,26,28). The maximum atomic E-state index is 13.1. The van der Waals surface area contributed by atoms with Crippen LogP contribution in [0.1, 0.15) is 44.9 Å². The van der Waals surface area contributed by atoms with Crippen molar-refractivity contribution < 1.29 is 9.59 Å². The van der Waals surface area contributed by atoms with Crippen LogP contribution in [-0.4, -0.2) is 17.9 Å². The van der Waals surface area contributed by atoms with E-state index >= 15 is 0 Å². The van der Waals surface area contributed by atoms with Gasteiger partial charge in [0.25, 0.3) is 5.91 Å². The van der Waals surface area contributed by atoms with Crippen LogP contribution in [0.4, 0.5) is 0 Å². The van der Waals surface area contributed by atoms with Crippen molar-refractivity contribution in [1.82, 2.24) is 10.6 Å². The smallest absolute Gasteiger partial charge is 0.262 e. The highest BCUT2D eigenvalue weighted by molar-refractivity contribution is 7.12. The first-order valence-corrected chi connectivity index (χ1v) is 10.6. The minimum absolute atomic E-state index is 0.153. The molecule has 0 spiro atoms. The second-order valence-corrected chi connectivity index (χ2v) is 8.23. The van der Waals surface area contributed by atoms with Gasteiger partial charge in [0.1, 0.15) is 6.04 Å². The summed E-state index contributed by atoms with van der Waals surface area (Å²) in [5.74, 6) is -0.414. The molecule has 2 N–H and O–H groups in total. The molecular weight excluding hydrogens is 380 g/mol. The second kappa shape index (κ2) is 9.52. The van der Waals surface area contributed by atoms with Crippen molar-refractivity contribution in [1.29, 1.82) is 0 Å². The number of hydrogen-bond acceptors (Lipinski definition) is 3. The van der Waals surface area contributed by atoms with Crippen LogP contribution >= 0.6 is 11.3 Å². The molecule has 3 aromatic rings. The Morgan fingerprint density at radius 1 is 0.966 bits per heavy atom. The highest BCUT2D eigenvalue weighted by Crippen LogP contribution is 2.19. The van der Waals surface area contributed by atoms with E-state index in [1.54, 1.807) is 6.07 Å². The van der Waals surface area contributed by atoms with Gasteiger partial charge in [-0.05, 0) is 48.9 Å². The molecule has 2 atom stereocenters. The van der Waals surface area contributed by atoms with Gasteiger partial charge in [0, 0.05) is 6.42 Å². The molecule has 150 valence electrons. The third kappa shape index (κ3) is 5.55. The van der Waals surface area contributed by atoms with Gasteiger partial charge in [0.05, 0.1) is 10.9 Å². The molecule has 1 heterocycles. The zero-order valence-electron chi connectivity index (χ0n) is 16.9. The number of aryl methyl sites for hydroxylation is 2. The van der Waals surface area contributed by atoms with Crippen LogP contribution in [0.15, 0.2) is 66.0 Å². The normalized spacial score (nSPS) is 12.8.